The zero-order valence-electron chi connectivity index (χ0n) is 10.9. The van der Waals surface area contributed by atoms with Crippen LogP contribution < -0.4 is 5.32 Å². The van der Waals surface area contributed by atoms with Crippen molar-refractivity contribution in [2.24, 2.45) is 0 Å². The number of pyridine rings is 1. The average Bonchev–Trinajstić information content (AvgIpc) is 2.84. The maximum Gasteiger partial charge on any atom is 0.337 e. The molecule has 21 heavy (non-hydrogen) atoms. The number of nitro groups is 1. The number of aryl methyl sites for hydroxylation is 1. The van der Waals surface area contributed by atoms with E-state index in [1.807, 2.05) is 0 Å². The normalized spacial score (nSPS) is 10.3. The second kappa shape index (κ2) is 5.94. The molecule has 0 unspecified atom stereocenters. The Morgan fingerprint density at radius 2 is 2.33 bits per heavy atom. The van der Waals surface area contributed by atoms with Crippen molar-refractivity contribution in [1.82, 2.24) is 15.1 Å². The van der Waals surface area contributed by atoms with Gasteiger partial charge in [-0.15, -0.1) is 0 Å². The predicted molar refractivity (Wildman–Crippen MR) is 69.1 cm³/mol. The standard InChI is InChI=1S/C11H11N5O5/c1-6-14-9(21-15-6)2-3-12-10-8(16(19)20)4-7(5-13-10)11(17)18/h4-5H,2-3H2,1H3,(H,12,13)(H,17,18). The Hall–Kier alpha value is -3.04. The summed E-state index contributed by atoms with van der Waals surface area (Å²) in [6.45, 7) is 1.96. The van der Waals surface area contributed by atoms with Gasteiger partial charge in [-0.25, -0.2) is 9.78 Å². The molecule has 0 aliphatic rings. The molecule has 0 aliphatic carbocycles. The molecule has 110 valence electrons. The highest BCUT2D eigenvalue weighted by atomic mass is 16.6. The van der Waals surface area contributed by atoms with Gasteiger partial charge in [-0.05, 0) is 6.92 Å². The van der Waals surface area contributed by atoms with Crippen LogP contribution in [0.25, 0.3) is 0 Å². The Labute approximate surface area is 118 Å². The molecule has 2 aromatic rings. The lowest BCUT2D eigenvalue weighted by Gasteiger charge is -2.05. The van der Waals surface area contributed by atoms with Crippen LogP contribution in [-0.2, 0) is 6.42 Å². The first-order valence-electron chi connectivity index (χ1n) is 5.88. The molecule has 0 aromatic carbocycles. The SMILES string of the molecule is Cc1noc(CCNc2ncc(C(=O)O)cc2[N+](=O)[O-])n1. The number of hydrogen-bond acceptors (Lipinski definition) is 8. The van der Waals surface area contributed by atoms with E-state index >= 15 is 0 Å². The minimum atomic E-state index is -1.28. The maximum atomic E-state index is 10.9. The number of aromatic carboxylic acids is 1. The molecule has 2 N–H and O–H groups in total. The van der Waals surface area contributed by atoms with E-state index in [0.29, 0.717) is 18.1 Å². The van der Waals surface area contributed by atoms with Crippen molar-refractivity contribution < 1.29 is 19.3 Å². The predicted octanol–water partition coefficient (Wildman–Crippen LogP) is 1.03. The van der Waals surface area contributed by atoms with Gasteiger partial charge in [0.25, 0.3) is 0 Å². The van der Waals surface area contributed by atoms with E-state index in [9.17, 15) is 14.9 Å². The Kier molecular flexibility index (Phi) is 4.07. The van der Waals surface area contributed by atoms with Crippen LogP contribution >= 0.6 is 0 Å². The number of nitrogens with zero attached hydrogens (tertiary/aromatic N) is 4. The van der Waals surface area contributed by atoms with Crippen LogP contribution in [-0.4, -0.2) is 37.7 Å². The molecule has 2 heterocycles. The van der Waals surface area contributed by atoms with Crippen molar-refractivity contribution >= 4 is 17.5 Å². The molecular formula is C11H11N5O5. The third kappa shape index (κ3) is 3.49. The summed E-state index contributed by atoms with van der Waals surface area (Å²) in [5.41, 5.74) is -0.656. The summed E-state index contributed by atoms with van der Waals surface area (Å²) < 4.78 is 4.90. The molecule has 0 amide bonds. The Balaban J connectivity index is 2.08. The molecule has 0 fully saturated rings. The lowest BCUT2D eigenvalue weighted by atomic mass is 10.2. The topological polar surface area (TPSA) is 144 Å². The zero-order chi connectivity index (χ0) is 15.4. The van der Waals surface area contributed by atoms with Gasteiger partial charge in [0.1, 0.15) is 0 Å². The van der Waals surface area contributed by atoms with Crippen LogP contribution in [0.5, 0.6) is 0 Å². The van der Waals surface area contributed by atoms with Gasteiger partial charge in [-0.2, -0.15) is 4.98 Å². The first kappa shape index (κ1) is 14.4. The highest BCUT2D eigenvalue weighted by Gasteiger charge is 2.18. The van der Waals surface area contributed by atoms with Gasteiger partial charge < -0.3 is 14.9 Å². The van der Waals surface area contributed by atoms with E-state index in [1.165, 1.54) is 0 Å². The van der Waals surface area contributed by atoms with Crippen LogP contribution in [0, 0.1) is 17.0 Å². The summed E-state index contributed by atoms with van der Waals surface area (Å²) in [4.78, 5) is 28.8. The van der Waals surface area contributed by atoms with E-state index in [-0.39, 0.29) is 17.9 Å². The molecule has 2 aromatic heterocycles. The summed E-state index contributed by atoms with van der Waals surface area (Å²) in [6.07, 6.45) is 1.41. The largest absolute Gasteiger partial charge is 0.478 e. The molecule has 0 saturated carbocycles. The van der Waals surface area contributed by atoms with E-state index in [4.69, 9.17) is 9.63 Å². The van der Waals surface area contributed by atoms with Crippen LogP contribution in [0.15, 0.2) is 16.8 Å². The van der Waals surface area contributed by atoms with Crippen LogP contribution in [0.3, 0.4) is 0 Å². The van der Waals surface area contributed by atoms with Gasteiger partial charge in [-0.1, -0.05) is 5.16 Å². The molecular weight excluding hydrogens is 282 g/mol. The highest BCUT2D eigenvalue weighted by Crippen LogP contribution is 2.22. The second-order valence-corrected chi connectivity index (χ2v) is 4.07. The van der Waals surface area contributed by atoms with Crippen LogP contribution in [0.2, 0.25) is 0 Å². The average molecular weight is 293 g/mol. The number of nitrogens with one attached hydrogen (secondary N) is 1. The fourth-order valence-electron chi connectivity index (χ4n) is 1.57. The monoisotopic (exact) mass is 293 g/mol. The zero-order valence-corrected chi connectivity index (χ0v) is 10.9. The van der Waals surface area contributed by atoms with E-state index in [2.05, 4.69) is 20.4 Å². The van der Waals surface area contributed by atoms with Gasteiger partial charge in [0, 0.05) is 25.2 Å². The lowest BCUT2D eigenvalue weighted by Crippen LogP contribution is -2.10. The fourth-order valence-corrected chi connectivity index (χ4v) is 1.57. The summed E-state index contributed by atoms with van der Waals surface area (Å²) in [5.74, 6) is -0.399. The highest BCUT2D eigenvalue weighted by molar-refractivity contribution is 5.88. The number of carbonyl (C=O) groups is 1. The van der Waals surface area contributed by atoms with Crippen LogP contribution in [0.4, 0.5) is 11.5 Å². The fraction of sp³-hybridized carbons (Fsp3) is 0.273. The van der Waals surface area contributed by atoms with Crippen molar-refractivity contribution in [3.05, 3.63) is 39.7 Å². The van der Waals surface area contributed by atoms with Gasteiger partial charge in [0.2, 0.25) is 11.7 Å². The van der Waals surface area contributed by atoms with E-state index < -0.39 is 16.6 Å². The van der Waals surface area contributed by atoms with Crippen LogP contribution in [0.1, 0.15) is 22.1 Å². The van der Waals surface area contributed by atoms with E-state index in [1.54, 1.807) is 6.92 Å². The summed E-state index contributed by atoms with van der Waals surface area (Å²) in [7, 11) is 0. The van der Waals surface area contributed by atoms with Gasteiger partial charge in [-0.3, -0.25) is 10.1 Å². The molecule has 0 radical (unpaired) electrons. The smallest absolute Gasteiger partial charge is 0.337 e. The molecule has 2 rings (SSSR count). The first-order valence-corrected chi connectivity index (χ1v) is 5.88. The quantitative estimate of drug-likeness (QED) is 0.589. The molecule has 0 atom stereocenters. The van der Waals surface area contributed by atoms with Crippen molar-refractivity contribution in [3.63, 3.8) is 0 Å². The van der Waals surface area contributed by atoms with Gasteiger partial charge in [0.15, 0.2) is 5.82 Å². The van der Waals surface area contributed by atoms with Crippen molar-refractivity contribution in [3.8, 4) is 0 Å². The number of hydrogen-bond donors (Lipinski definition) is 2. The third-order valence-corrected chi connectivity index (χ3v) is 2.51. The summed E-state index contributed by atoms with van der Waals surface area (Å²) in [6, 6.07) is 0.953. The number of aromatic nitrogens is 3. The summed E-state index contributed by atoms with van der Waals surface area (Å²) >= 11 is 0. The minimum absolute atomic E-state index is 0.0127. The van der Waals surface area contributed by atoms with Gasteiger partial charge >= 0.3 is 11.7 Å². The molecule has 10 nitrogen and oxygen atoms in total. The number of anilines is 1. The third-order valence-electron chi connectivity index (χ3n) is 2.51. The Morgan fingerprint density at radius 3 is 2.90 bits per heavy atom. The summed E-state index contributed by atoms with van der Waals surface area (Å²) in [5, 5.41) is 26.1. The number of carboxylic acids is 1. The first-order chi connectivity index (χ1) is 9.97. The number of carboxylic acid groups (broad SMARTS) is 1. The molecule has 10 heteroatoms. The minimum Gasteiger partial charge on any atom is -0.478 e. The Morgan fingerprint density at radius 1 is 1.57 bits per heavy atom. The van der Waals surface area contributed by atoms with Crippen molar-refractivity contribution in [1.29, 1.82) is 0 Å². The maximum absolute atomic E-state index is 10.9. The molecule has 0 bridgehead atoms. The lowest BCUT2D eigenvalue weighted by molar-refractivity contribution is -0.384. The Bertz CT molecular complexity index is 683. The second-order valence-electron chi connectivity index (χ2n) is 4.07. The van der Waals surface area contributed by atoms with Gasteiger partial charge in [0.05, 0.1) is 10.5 Å². The van der Waals surface area contributed by atoms with Crippen molar-refractivity contribution in [2.45, 2.75) is 13.3 Å². The number of rotatable bonds is 6. The van der Waals surface area contributed by atoms with Crippen molar-refractivity contribution in [2.75, 3.05) is 11.9 Å². The van der Waals surface area contributed by atoms with E-state index in [0.717, 1.165) is 12.3 Å². The molecule has 0 saturated heterocycles. The molecule has 0 aliphatic heterocycles. The molecule has 0 spiro atoms.